The van der Waals surface area contributed by atoms with E-state index in [1.165, 1.54) is 12.5 Å². The van der Waals surface area contributed by atoms with Gasteiger partial charge in [0.05, 0.1) is 6.10 Å². The molecule has 26 heavy (non-hydrogen) atoms. The first-order valence-corrected chi connectivity index (χ1v) is 13.3. The lowest BCUT2D eigenvalue weighted by atomic mass is 9.70. The van der Waals surface area contributed by atoms with Gasteiger partial charge in [0.2, 0.25) is 0 Å². The third-order valence-corrected chi connectivity index (χ3v) is 11.7. The van der Waals surface area contributed by atoms with Crippen LogP contribution < -0.4 is 0 Å². The number of carbonyl (C=O) groups excluding carboxylic acids is 1. The van der Waals surface area contributed by atoms with Gasteiger partial charge in [-0.2, -0.15) is 0 Å². The van der Waals surface area contributed by atoms with E-state index in [2.05, 4.69) is 60.7 Å². The Balaban J connectivity index is 2.41. The molecule has 0 heterocycles. The van der Waals surface area contributed by atoms with Gasteiger partial charge in [0.25, 0.3) is 0 Å². The Hall–Kier alpha value is -0.613. The van der Waals surface area contributed by atoms with E-state index in [4.69, 9.17) is 9.16 Å². The molecule has 0 N–H and O–H groups in total. The van der Waals surface area contributed by atoms with E-state index in [9.17, 15) is 4.79 Å². The molecule has 4 heteroatoms. The Morgan fingerprint density at radius 2 is 1.92 bits per heavy atom. The minimum Gasteiger partial charge on any atom is -0.458 e. The van der Waals surface area contributed by atoms with Crippen LogP contribution in [0.15, 0.2) is 11.6 Å². The summed E-state index contributed by atoms with van der Waals surface area (Å²) in [5.41, 5.74) is 1.57. The number of esters is 1. The lowest BCUT2D eigenvalue weighted by Crippen LogP contribution is -2.44. The highest BCUT2D eigenvalue weighted by atomic mass is 28.4. The van der Waals surface area contributed by atoms with Crippen molar-refractivity contribution in [3.63, 3.8) is 0 Å². The van der Waals surface area contributed by atoms with Crippen molar-refractivity contribution in [3.05, 3.63) is 11.6 Å². The highest BCUT2D eigenvalue weighted by molar-refractivity contribution is 6.74. The highest BCUT2D eigenvalue weighted by Crippen LogP contribution is 2.57. The summed E-state index contributed by atoms with van der Waals surface area (Å²) in [6.45, 7) is 20.2. The molecule has 2 aliphatic rings. The molecule has 0 aromatic carbocycles. The first-order chi connectivity index (χ1) is 11.8. The molecule has 150 valence electrons. The topological polar surface area (TPSA) is 35.5 Å². The molecule has 1 saturated carbocycles. The first-order valence-electron chi connectivity index (χ1n) is 10.3. The van der Waals surface area contributed by atoms with Gasteiger partial charge < -0.3 is 9.16 Å². The summed E-state index contributed by atoms with van der Waals surface area (Å²) in [6, 6.07) is 0. The van der Waals surface area contributed by atoms with Crippen LogP contribution in [0.3, 0.4) is 0 Å². The van der Waals surface area contributed by atoms with Gasteiger partial charge in [-0.05, 0) is 72.7 Å². The largest absolute Gasteiger partial charge is 0.458 e. The zero-order valence-corrected chi connectivity index (χ0v) is 19.4. The van der Waals surface area contributed by atoms with E-state index in [-0.39, 0.29) is 28.6 Å². The second-order valence-corrected chi connectivity index (χ2v) is 15.3. The molecule has 0 radical (unpaired) electrons. The summed E-state index contributed by atoms with van der Waals surface area (Å²) in [7, 11) is -1.86. The molecule has 0 unspecified atom stereocenters. The Morgan fingerprint density at radius 1 is 1.31 bits per heavy atom. The summed E-state index contributed by atoms with van der Waals surface area (Å²) in [4.78, 5) is 11.5. The van der Waals surface area contributed by atoms with Gasteiger partial charge in [-0.1, -0.05) is 41.5 Å². The Bertz CT molecular complexity index is 558. The van der Waals surface area contributed by atoms with Gasteiger partial charge in [-0.25, -0.2) is 0 Å². The summed E-state index contributed by atoms with van der Waals surface area (Å²) in [5.74, 6) is 1.07. The molecule has 1 fully saturated rings. The van der Waals surface area contributed by atoms with Crippen molar-refractivity contribution in [3.8, 4) is 0 Å². The quantitative estimate of drug-likeness (QED) is 0.336. The monoisotopic (exact) mass is 380 g/mol. The van der Waals surface area contributed by atoms with Gasteiger partial charge in [0.1, 0.15) is 6.10 Å². The van der Waals surface area contributed by atoms with Crippen LogP contribution >= 0.6 is 0 Å². The lowest BCUT2D eigenvalue weighted by molar-refractivity contribution is -0.144. The van der Waals surface area contributed by atoms with Crippen LogP contribution in [-0.4, -0.2) is 26.5 Å². The van der Waals surface area contributed by atoms with Gasteiger partial charge in [-0.3, -0.25) is 4.79 Å². The summed E-state index contributed by atoms with van der Waals surface area (Å²) in [5, 5.41) is 0.194. The van der Waals surface area contributed by atoms with Crippen molar-refractivity contribution < 1.29 is 14.0 Å². The van der Waals surface area contributed by atoms with E-state index in [0.717, 1.165) is 25.7 Å². The van der Waals surface area contributed by atoms with Crippen LogP contribution in [0, 0.1) is 17.3 Å². The Kier molecular flexibility index (Phi) is 6.19. The van der Waals surface area contributed by atoms with Gasteiger partial charge in [-0.15, -0.1) is 0 Å². The van der Waals surface area contributed by atoms with E-state index >= 15 is 0 Å². The van der Waals surface area contributed by atoms with Crippen LogP contribution in [0.2, 0.25) is 18.1 Å². The zero-order valence-electron chi connectivity index (χ0n) is 18.4. The molecule has 0 aliphatic heterocycles. The average Bonchev–Trinajstić information content (AvgIpc) is 2.60. The fourth-order valence-corrected chi connectivity index (χ4v) is 6.03. The molecule has 3 nitrogen and oxygen atoms in total. The minimum absolute atomic E-state index is 0.0965. The predicted octanol–water partition coefficient (Wildman–Crippen LogP) is 6.10. The Labute approximate surface area is 162 Å². The normalized spacial score (nSPS) is 32.8. The first kappa shape index (κ1) is 21.7. The van der Waals surface area contributed by atoms with Gasteiger partial charge >= 0.3 is 5.97 Å². The maximum absolute atomic E-state index is 11.5. The number of rotatable bonds is 4. The van der Waals surface area contributed by atoms with E-state index in [1.54, 1.807) is 0 Å². The Morgan fingerprint density at radius 3 is 2.42 bits per heavy atom. The maximum Gasteiger partial charge on any atom is 0.303 e. The van der Waals surface area contributed by atoms with Crippen LogP contribution in [0.5, 0.6) is 0 Å². The number of fused-ring (bicyclic) bond motifs is 1. The number of hydrogen-bond donors (Lipinski definition) is 0. The van der Waals surface area contributed by atoms with E-state index < -0.39 is 8.32 Å². The molecule has 0 bridgehead atoms. The molecule has 2 rings (SSSR count). The number of hydrogen-bond acceptors (Lipinski definition) is 3. The molecule has 4 atom stereocenters. The van der Waals surface area contributed by atoms with Gasteiger partial charge in [0.15, 0.2) is 8.32 Å². The molecular formula is C22H40O3Si. The molecular weight excluding hydrogens is 340 g/mol. The average molecular weight is 381 g/mol. The molecule has 0 amide bonds. The second kappa shape index (κ2) is 7.42. The van der Waals surface area contributed by atoms with Crippen LogP contribution in [0.25, 0.3) is 0 Å². The standard InChI is InChI=1S/C22H40O3Si/c1-15(2)18-14-20(25-26(8,9)21(4,5)6)19-13-17(24-16(3)23)11-10-12-22(18,19)7/h13,15,17-18,20H,10-12,14H2,1-9H3/t17-,18-,20+,22-/m1/s1. The second-order valence-electron chi connectivity index (χ2n) is 10.5. The molecule has 0 aromatic rings. The number of ether oxygens (including phenoxy) is 1. The van der Waals surface area contributed by atoms with E-state index in [0.29, 0.717) is 11.8 Å². The fourth-order valence-electron chi connectivity index (χ4n) is 4.74. The maximum atomic E-state index is 11.5. The van der Waals surface area contributed by atoms with Crippen LogP contribution in [0.1, 0.15) is 74.1 Å². The van der Waals surface area contributed by atoms with Gasteiger partial charge in [0, 0.05) is 6.92 Å². The van der Waals surface area contributed by atoms with Crippen LogP contribution in [0.4, 0.5) is 0 Å². The zero-order chi connectivity index (χ0) is 19.9. The molecule has 0 aromatic heterocycles. The molecule has 0 spiro atoms. The molecule has 0 saturated heterocycles. The fraction of sp³-hybridized carbons (Fsp3) is 0.864. The predicted molar refractivity (Wildman–Crippen MR) is 111 cm³/mol. The van der Waals surface area contributed by atoms with E-state index in [1.807, 2.05) is 0 Å². The summed E-state index contributed by atoms with van der Waals surface area (Å²) >= 11 is 0. The summed E-state index contributed by atoms with van der Waals surface area (Å²) < 4.78 is 12.5. The van der Waals surface area contributed by atoms with Crippen molar-refractivity contribution in [1.29, 1.82) is 0 Å². The lowest BCUT2D eigenvalue weighted by Gasteiger charge is -2.39. The van der Waals surface area contributed by atoms with Crippen molar-refractivity contribution in [2.45, 2.75) is 104 Å². The summed E-state index contributed by atoms with van der Waals surface area (Å²) in [6.07, 6.45) is 6.62. The third kappa shape index (κ3) is 4.27. The third-order valence-electron chi connectivity index (χ3n) is 7.21. The molecule has 2 aliphatic carbocycles. The van der Waals surface area contributed by atoms with Crippen molar-refractivity contribution >= 4 is 14.3 Å². The van der Waals surface area contributed by atoms with Crippen molar-refractivity contribution in [2.75, 3.05) is 0 Å². The SMILES string of the molecule is CC(=O)O[C@H]1C=C2[C@@H](O[Si](C)(C)C(C)(C)C)C[C@H](C(C)C)[C@@]2(C)CCC1. The minimum atomic E-state index is -1.86. The van der Waals surface area contributed by atoms with Crippen LogP contribution in [-0.2, 0) is 14.0 Å². The highest BCUT2D eigenvalue weighted by Gasteiger charge is 2.52. The van der Waals surface area contributed by atoms with Crippen molar-refractivity contribution in [1.82, 2.24) is 0 Å². The van der Waals surface area contributed by atoms with Crippen molar-refractivity contribution in [2.24, 2.45) is 17.3 Å². The smallest absolute Gasteiger partial charge is 0.303 e. The number of carbonyl (C=O) groups is 1.